The van der Waals surface area contributed by atoms with Crippen LogP contribution in [0.4, 0.5) is 11.4 Å². The summed E-state index contributed by atoms with van der Waals surface area (Å²) in [6, 6.07) is 17.9. The summed E-state index contributed by atoms with van der Waals surface area (Å²) >= 11 is 5.84. The molecule has 3 rings (SSSR count). The van der Waals surface area contributed by atoms with Gasteiger partial charge < -0.3 is 15.7 Å². The highest BCUT2D eigenvalue weighted by atomic mass is 35.5. The quantitative estimate of drug-likeness (QED) is 0.269. The zero-order chi connectivity index (χ0) is 23.1. The van der Waals surface area contributed by atoms with Crippen LogP contribution in [0.5, 0.6) is 5.75 Å². The Morgan fingerprint density at radius 2 is 1.72 bits per heavy atom. The van der Waals surface area contributed by atoms with Crippen molar-refractivity contribution < 1.29 is 19.5 Å². The number of phenols is 1. The van der Waals surface area contributed by atoms with Gasteiger partial charge in [0.1, 0.15) is 5.75 Å². The van der Waals surface area contributed by atoms with E-state index in [4.69, 9.17) is 11.6 Å². The number of halogens is 1. The molecule has 0 atom stereocenters. The number of aryl methyl sites for hydroxylation is 1. The van der Waals surface area contributed by atoms with Gasteiger partial charge in [-0.05, 0) is 55.0 Å². The van der Waals surface area contributed by atoms with Crippen LogP contribution in [-0.4, -0.2) is 29.0 Å². The van der Waals surface area contributed by atoms with Crippen LogP contribution in [0.15, 0.2) is 71.8 Å². The smallest absolute Gasteiger partial charge is 0.329 e. The van der Waals surface area contributed by atoms with E-state index in [1.54, 1.807) is 18.2 Å². The zero-order valence-electron chi connectivity index (χ0n) is 16.9. The molecule has 0 fully saturated rings. The lowest BCUT2D eigenvalue weighted by atomic mass is 10.1. The van der Waals surface area contributed by atoms with Gasteiger partial charge in [-0.15, -0.1) is 0 Å². The molecule has 0 aliphatic carbocycles. The second kappa shape index (κ2) is 10.2. The molecule has 0 spiro atoms. The van der Waals surface area contributed by atoms with Gasteiger partial charge in [-0.25, -0.2) is 5.43 Å². The molecule has 0 radical (unpaired) electrons. The summed E-state index contributed by atoms with van der Waals surface area (Å²) in [6.45, 7) is 1.90. The maximum absolute atomic E-state index is 12.7. The number of rotatable bonds is 5. The molecule has 32 heavy (non-hydrogen) atoms. The third kappa shape index (κ3) is 5.93. The van der Waals surface area contributed by atoms with Crippen molar-refractivity contribution in [2.75, 3.05) is 10.6 Å². The van der Waals surface area contributed by atoms with Crippen molar-refractivity contribution in [3.63, 3.8) is 0 Å². The number of aromatic hydroxyl groups is 1. The molecule has 0 aromatic heterocycles. The number of benzene rings is 3. The number of anilines is 2. The van der Waals surface area contributed by atoms with Crippen LogP contribution in [0.25, 0.3) is 0 Å². The molecule has 3 aromatic rings. The van der Waals surface area contributed by atoms with Gasteiger partial charge >= 0.3 is 11.8 Å². The Bertz CT molecular complexity index is 1210. The maximum atomic E-state index is 12.7. The molecular formula is C23H19ClN4O4. The second-order valence-corrected chi connectivity index (χ2v) is 7.16. The van der Waals surface area contributed by atoms with Gasteiger partial charge in [0.15, 0.2) is 0 Å². The third-order valence-corrected chi connectivity index (χ3v) is 4.50. The average molecular weight is 451 g/mol. The van der Waals surface area contributed by atoms with Crippen molar-refractivity contribution in [3.05, 3.63) is 88.4 Å². The number of amides is 3. The monoisotopic (exact) mass is 450 g/mol. The number of phenolic OH excluding ortho intramolecular Hbond substituents is 1. The van der Waals surface area contributed by atoms with Gasteiger partial charge in [0.25, 0.3) is 5.91 Å². The van der Waals surface area contributed by atoms with Gasteiger partial charge in [0.2, 0.25) is 0 Å². The predicted molar refractivity (Wildman–Crippen MR) is 123 cm³/mol. The molecule has 0 heterocycles. The van der Waals surface area contributed by atoms with Crippen molar-refractivity contribution in [3.8, 4) is 5.75 Å². The first-order chi connectivity index (χ1) is 15.3. The molecule has 4 N–H and O–H groups in total. The van der Waals surface area contributed by atoms with Gasteiger partial charge in [-0.2, -0.15) is 5.10 Å². The molecule has 3 amide bonds. The fraction of sp³-hybridized carbons (Fsp3) is 0.0435. The predicted octanol–water partition coefficient (Wildman–Crippen LogP) is 3.70. The molecule has 0 saturated carbocycles. The minimum atomic E-state index is -1.06. The standard InChI is InChI=1S/C23H19ClN4O4/c1-14-5-4-6-17(11-14)26-21(30)18-7-2-3-8-19(18)27-22(31)23(32)28-25-13-15-12-16(24)9-10-20(15)29/h2-13,29H,1H3,(H,26,30)(H,27,31)(H,28,32). The van der Waals surface area contributed by atoms with E-state index in [0.717, 1.165) is 11.8 Å². The van der Waals surface area contributed by atoms with Gasteiger partial charge in [0, 0.05) is 16.3 Å². The van der Waals surface area contributed by atoms with Crippen LogP contribution in [0.3, 0.4) is 0 Å². The number of carbonyl (C=O) groups excluding carboxylic acids is 3. The second-order valence-electron chi connectivity index (χ2n) is 6.73. The molecule has 162 valence electrons. The minimum Gasteiger partial charge on any atom is -0.507 e. The Morgan fingerprint density at radius 1 is 0.938 bits per heavy atom. The van der Waals surface area contributed by atoms with Crippen molar-refractivity contribution in [1.29, 1.82) is 0 Å². The summed E-state index contributed by atoms with van der Waals surface area (Å²) in [7, 11) is 0. The first-order valence-electron chi connectivity index (χ1n) is 9.43. The lowest BCUT2D eigenvalue weighted by Crippen LogP contribution is -2.33. The molecule has 9 heteroatoms. The lowest BCUT2D eigenvalue weighted by Gasteiger charge is -2.11. The van der Waals surface area contributed by atoms with E-state index in [2.05, 4.69) is 21.2 Å². The van der Waals surface area contributed by atoms with Crippen LogP contribution in [0.2, 0.25) is 5.02 Å². The van der Waals surface area contributed by atoms with E-state index < -0.39 is 17.7 Å². The summed E-state index contributed by atoms with van der Waals surface area (Å²) < 4.78 is 0. The highest BCUT2D eigenvalue weighted by molar-refractivity contribution is 6.40. The first kappa shape index (κ1) is 22.5. The number of nitrogens with zero attached hydrogens (tertiary/aromatic N) is 1. The fourth-order valence-corrected chi connectivity index (χ4v) is 2.91. The van der Waals surface area contributed by atoms with E-state index in [-0.39, 0.29) is 22.6 Å². The largest absolute Gasteiger partial charge is 0.507 e. The molecule has 8 nitrogen and oxygen atoms in total. The highest BCUT2D eigenvalue weighted by Crippen LogP contribution is 2.20. The minimum absolute atomic E-state index is 0.0922. The Labute approximate surface area is 188 Å². The molecular weight excluding hydrogens is 432 g/mol. The molecule has 3 aromatic carbocycles. The Morgan fingerprint density at radius 3 is 2.50 bits per heavy atom. The first-order valence-corrected chi connectivity index (χ1v) is 9.81. The Hall–Kier alpha value is -4.17. The summed E-state index contributed by atoms with van der Waals surface area (Å²) in [5, 5.41) is 18.9. The van der Waals surface area contributed by atoms with Crippen LogP contribution in [0, 0.1) is 6.92 Å². The van der Waals surface area contributed by atoms with E-state index in [0.29, 0.717) is 10.7 Å². The number of hydrogen-bond acceptors (Lipinski definition) is 5. The fourth-order valence-electron chi connectivity index (χ4n) is 2.73. The van der Waals surface area contributed by atoms with Crippen molar-refractivity contribution >= 4 is 46.9 Å². The summed E-state index contributed by atoms with van der Waals surface area (Å²) in [6.07, 6.45) is 1.15. The average Bonchev–Trinajstić information content (AvgIpc) is 2.76. The van der Waals surface area contributed by atoms with Crippen molar-refractivity contribution in [2.24, 2.45) is 5.10 Å². The number of carbonyl (C=O) groups is 3. The number of hydrogen-bond donors (Lipinski definition) is 4. The van der Waals surface area contributed by atoms with Crippen LogP contribution < -0.4 is 16.1 Å². The van der Waals surface area contributed by atoms with Crippen LogP contribution in [-0.2, 0) is 9.59 Å². The Balaban J connectivity index is 1.66. The molecule has 0 aliphatic rings. The lowest BCUT2D eigenvalue weighted by molar-refractivity contribution is -0.136. The normalized spacial score (nSPS) is 10.6. The highest BCUT2D eigenvalue weighted by Gasteiger charge is 2.18. The van der Waals surface area contributed by atoms with Gasteiger partial charge in [-0.1, -0.05) is 35.9 Å². The Kier molecular flexibility index (Phi) is 7.20. The number of para-hydroxylation sites is 1. The molecule has 0 bridgehead atoms. The van der Waals surface area contributed by atoms with E-state index >= 15 is 0 Å². The van der Waals surface area contributed by atoms with E-state index in [1.165, 1.54) is 30.3 Å². The summed E-state index contributed by atoms with van der Waals surface area (Å²) in [5.74, 6) is -2.61. The molecule has 0 aliphatic heterocycles. The number of nitrogens with one attached hydrogen (secondary N) is 3. The molecule has 0 unspecified atom stereocenters. The van der Waals surface area contributed by atoms with Crippen molar-refractivity contribution in [2.45, 2.75) is 6.92 Å². The van der Waals surface area contributed by atoms with Crippen molar-refractivity contribution in [1.82, 2.24) is 5.43 Å². The van der Waals surface area contributed by atoms with Gasteiger partial charge in [-0.3, -0.25) is 14.4 Å². The van der Waals surface area contributed by atoms with Crippen LogP contribution >= 0.6 is 11.6 Å². The summed E-state index contributed by atoms with van der Waals surface area (Å²) in [4.78, 5) is 37.0. The maximum Gasteiger partial charge on any atom is 0.329 e. The van der Waals surface area contributed by atoms with Crippen LogP contribution in [0.1, 0.15) is 21.5 Å². The molecule has 0 saturated heterocycles. The SMILES string of the molecule is Cc1cccc(NC(=O)c2ccccc2NC(=O)C(=O)NN=Cc2cc(Cl)ccc2O)c1. The van der Waals surface area contributed by atoms with E-state index in [1.807, 2.05) is 25.1 Å². The number of hydrazone groups is 1. The zero-order valence-corrected chi connectivity index (χ0v) is 17.7. The topological polar surface area (TPSA) is 120 Å². The third-order valence-electron chi connectivity index (χ3n) is 4.26. The van der Waals surface area contributed by atoms with E-state index in [9.17, 15) is 19.5 Å². The van der Waals surface area contributed by atoms with Gasteiger partial charge in [0.05, 0.1) is 17.5 Å². The summed E-state index contributed by atoms with van der Waals surface area (Å²) in [5.41, 5.74) is 4.24.